The highest BCUT2D eigenvalue weighted by molar-refractivity contribution is 7.09. The van der Waals surface area contributed by atoms with Gasteiger partial charge >= 0.3 is 0 Å². The molecule has 17 heavy (non-hydrogen) atoms. The van der Waals surface area contributed by atoms with Gasteiger partial charge in [0.2, 0.25) is 0 Å². The first-order valence-corrected chi connectivity index (χ1v) is 6.42. The van der Waals surface area contributed by atoms with Crippen LogP contribution in [0.15, 0.2) is 0 Å². The molecule has 2 aromatic rings. The van der Waals surface area contributed by atoms with E-state index < -0.39 is 0 Å². The van der Waals surface area contributed by atoms with Gasteiger partial charge in [-0.1, -0.05) is 39.1 Å². The van der Waals surface area contributed by atoms with Crippen LogP contribution in [0.2, 0.25) is 0 Å². The van der Waals surface area contributed by atoms with E-state index in [4.69, 9.17) is 0 Å². The molecule has 0 aromatic carbocycles. The second kappa shape index (κ2) is 4.18. The van der Waals surface area contributed by atoms with Crippen molar-refractivity contribution < 1.29 is 0 Å². The molecule has 0 bridgehead atoms. The van der Waals surface area contributed by atoms with Crippen LogP contribution in [0, 0.1) is 0 Å². The van der Waals surface area contributed by atoms with E-state index in [1.165, 1.54) is 11.5 Å². The monoisotopic (exact) mass is 251 g/mol. The second-order valence-electron chi connectivity index (χ2n) is 5.40. The standard InChI is InChI=1S/C11H17N5S/c1-6(2)9-12-10(15-14-9)7-8(11(3,4)5)13-16-17-7/h6H,1-5H3,(H,12,14,15). The quantitative estimate of drug-likeness (QED) is 0.891. The molecule has 1 N–H and O–H groups in total. The zero-order valence-electron chi connectivity index (χ0n) is 10.8. The van der Waals surface area contributed by atoms with Crippen molar-refractivity contribution in [1.29, 1.82) is 0 Å². The third-order valence-corrected chi connectivity index (χ3v) is 3.17. The molecular weight excluding hydrogens is 234 g/mol. The normalized spacial score (nSPS) is 12.4. The van der Waals surface area contributed by atoms with Crippen molar-refractivity contribution in [1.82, 2.24) is 24.8 Å². The predicted molar refractivity (Wildman–Crippen MR) is 68.1 cm³/mol. The first-order valence-electron chi connectivity index (χ1n) is 5.65. The zero-order valence-corrected chi connectivity index (χ0v) is 11.6. The van der Waals surface area contributed by atoms with Gasteiger partial charge in [0.1, 0.15) is 10.7 Å². The van der Waals surface area contributed by atoms with Crippen molar-refractivity contribution in [2.45, 2.75) is 46.0 Å². The Hall–Kier alpha value is -1.30. The molecule has 2 heterocycles. The molecule has 0 aliphatic heterocycles. The zero-order chi connectivity index (χ0) is 12.6. The van der Waals surface area contributed by atoms with Crippen LogP contribution < -0.4 is 0 Å². The van der Waals surface area contributed by atoms with Crippen molar-refractivity contribution in [2.75, 3.05) is 0 Å². The van der Waals surface area contributed by atoms with Gasteiger partial charge in [0.15, 0.2) is 5.82 Å². The summed E-state index contributed by atoms with van der Waals surface area (Å²) >= 11 is 1.35. The topological polar surface area (TPSA) is 67.3 Å². The molecule has 6 heteroatoms. The van der Waals surface area contributed by atoms with E-state index >= 15 is 0 Å². The van der Waals surface area contributed by atoms with Gasteiger partial charge in [-0.25, -0.2) is 4.98 Å². The Balaban J connectivity index is 2.43. The molecule has 0 radical (unpaired) electrons. The van der Waals surface area contributed by atoms with E-state index in [1.807, 2.05) is 0 Å². The molecule has 2 rings (SSSR count). The minimum absolute atomic E-state index is 0.0407. The lowest BCUT2D eigenvalue weighted by Crippen LogP contribution is -2.13. The minimum Gasteiger partial charge on any atom is -0.262 e. The summed E-state index contributed by atoms with van der Waals surface area (Å²) in [4.78, 5) is 5.45. The number of rotatable bonds is 2. The summed E-state index contributed by atoms with van der Waals surface area (Å²) in [6, 6.07) is 0. The molecule has 92 valence electrons. The van der Waals surface area contributed by atoms with Crippen LogP contribution in [0.5, 0.6) is 0 Å². The van der Waals surface area contributed by atoms with Crippen LogP contribution in [-0.4, -0.2) is 24.8 Å². The third kappa shape index (κ3) is 2.36. The number of hydrogen-bond donors (Lipinski definition) is 1. The van der Waals surface area contributed by atoms with Crippen LogP contribution in [0.3, 0.4) is 0 Å². The molecule has 0 aliphatic rings. The maximum absolute atomic E-state index is 4.49. The third-order valence-electron chi connectivity index (χ3n) is 2.45. The first kappa shape index (κ1) is 12.2. The van der Waals surface area contributed by atoms with Crippen LogP contribution in [0.4, 0.5) is 0 Å². The summed E-state index contributed by atoms with van der Waals surface area (Å²) in [7, 11) is 0. The van der Waals surface area contributed by atoms with Crippen molar-refractivity contribution in [3.05, 3.63) is 11.5 Å². The van der Waals surface area contributed by atoms with Crippen LogP contribution >= 0.6 is 11.5 Å². The van der Waals surface area contributed by atoms with Crippen molar-refractivity contribution >= 4 is 11.5 Å². The number of hydrogen-bond acceptors (Lipinski definition) is 5. The number of aromatic nitrogens is 5. The maximum atomic E-state index is 4.49. The van der Waals surface area contributed by atoms with Gasteiger partial charge in [-0.3, -0.25) is 5.10 Å². The molecule has 0 fully saturated rings. The molecule has 0 saturated carbocycles. The van der Waals surface area contributed by atoms with E-state index in [9.17, 15) is 0 Å². The van der Waals surface area contributed by atoms with Crippen LogP contribution in [0.1, 0.15) is 52.1 Å². The molecule has 0 saturated heterocycles. The van der Waals surface area contributed by atoms with Gasteiger partial charge in [0, 0.05) is 11.3 Å². The lowest BCUT2D eigenvalue weighted by molar-refractivity contribution is 0.568. The smallest absolute Gasteiger partial charge is 0.194 e. The van der Waals surface area contributed by atoms with Crippen LogP contribution in [0.25, 0.3) is 10.7 Å². The molecule has 0 aliphatic carbocycles. The Bertz CT molecular complexity index is 506. The van der Waals surface area contributed by atoms with E-state index in [0.717, 1.165) is 16.4 Å². The summed E-state index contributed by atoms with van der Waals surface area (Å²) in [5, 5.41) is 11.4. The lowest BCUT2D eigenvalue weighted by atomic mass is 9.91. The van der Waals surface area contributed by atoms with E-state index in [1.54, 1.807) is 0 Å². The number of nitrogens with one attached hydrogen (secondary N) is 1. The Kier molecular flexibility index (Phi) is 2.99. The molecule has 0 unspecified atom stereocenters. The summed E-state index contributed by atoms with van der Waals surface area (Å²) in [5.41, 5.74) is 0.915. The Morgan fingerprint density at radius 2 is 1.94 bits per heavy atom. The molecule has 2 aromatic heterocycles. The molecule has 0 spiro atoms. The Morgan fingerprint density at radius 1 is 1.24 bits per heavy atom. The number of aromatic amines is 1. The lowest BCUT2D eigenvalue weighted by Gasteiger charge is -2.15. The van der Waals surface area contributed by atoms with Gasteiger partial charge in [0.25, 0.3) is 0 Å². The number of nitrogens with zero attached hydrogens (tertiary/aromatic N) is 4. The summed E-state index contributed by atoms with van der Waals surface area (Å²) < 4.78 is 4.02. The molecule has 5 nitrogen and oxygen atoms in total. The highest BCUT2D eigenvalue weighted by atomic mass is 32.1. The first-order chi connectivity index (χ1) is 7.89. The van der Waals surface area contributed by atoms with Gasteiger partial charge in [0.05, 0.1) is 5.69 Å². The van der Waals surface area contributed by atoms with Gasteiger partial charge in [-0.15, -0.1) is 5.10 Å². The van der Waals surface area contributed by atoms with Crippen LogP contribution in [-0.2, 0) is 5.41 Å². The van der Waals surface area contributed by atoms with Crippen molar-refractivity contribution in [3.8, 4) is 10.7 Å². The van der Waals surface area contributed by atoms with Gasteiger partial charge < -0.3 is 0 Å². The Morgan fingerprint density at radius 3 is 2.47 bits per heavy atom. The van der Waals surface area contributed by atoms with E-state index in [0.29, 0.717) is 11.7 Å². The minimum atomic E-state index is -0.0407. The molecule has 0 atom stereocenters. The average molecular weight is 251 g/mol. The average Bonchev–Trinajstić information content (AvgIpc) is 2.85. The highest BCUT2D eigenvalue weighted by Gasteiger charge is 2.25. The second-order valence-corrected chi connectivity index (χ2v) is 6.15. The van der Waals surface area contributed by atoms with Gasteiger partial charge in [-0.2, -0.15) is 5.10 Å². The molecular formula is C11H17N5S. The largest absolute Gasteiger partial charge is 0.262 e. The van der Waals surface area contributed by atoms with Crippen molar-refractivity contribution in [2.24, 2.45) is 0 Å². The summed E-state index contributed by atoms with van der Waals surface area (Å²) in [5.74, 6) is 1.94. The van der Waals surface area contributed by atoms with E-state index in [-0.39, 0.29) is 5.41 Å². The van der Waals surface area contributed by atoms with Gasteiger partial charge in [-0.05, 0) is 11.5 Å². The predicted octanol–water partition coefficient (Wildman–Crippen LogP) is 2.74. The highest BCUT2D eigenvalue weighted by Crippen LogP contribution is 2.32. The Labute approximate surface area is 105 Å². The fraction of sp³-hybridized carbons (Fsp3) is 0.636. The SMILES string of the molecule is CC(C)c1nc(-c2snnc2C(C)(C)C)n[nH]1. The fourth-order valence-electron chi connectivity index (χ4n) is 1.46. The maximum Gasteiger partial charge on any atom is 0.194 e. The fourth-order valence-corrected chi connectivity index (χ4v) is 2.27. The van der Waals surface area contributed by atoms with E-state index in [2.05, 4.69) is 59.4 Å². The summed E-state index contributed by atoms with van der Waals surface area (Å²) in [6.45, 7) is 10.5. The summed E-state index contributed by atoms with van der Waals surface area (Å²) in [6.07, 6.45) is 0. The van der Waals surface area contributed by atoms with Crippen molar-refractivity contribution in [3.63, 3.8) is 0 Å². The molecule has 0 amide bonds. The number of H-pyrrole nitrogens is 1.